The summed E-state index contributed by atoms with van der Waals surface area (Å²) in [5.74, 6) is 1.93. The van der Waals surface area contributed by atoms with Gasteiger partial charge in [-0.15, -0.1) is 5.10 Å². The van der Waals surface area contributed by atoms with Gasteiger partial charge in [0.05, 0.1) is 25.5 Å². The Morgan fingerprint density at radius 1 is 1.00 bits per heavy atom. The minimum Gasteiger partial charge on any atom is -0.496 e. The quantitative estimate of drug-likeness (QED) is 0.435. The van der Waals surface area contributed by atoms with Gasteiger partial charge >= 0.3 is 0 Å². The molecule has 35 heavy (non-hydrogen) atoms. The van der Waals surface area contributed by atoms with E-state index in [0.717, 1.165) is 11.1 Å². The number of pyridine rings is 1. The number of hydrogen-bond acceptors (Lipinski definition) is 7. The van der Waals surface area contributed by atoms with Crippen LogP contribution in [0.1, 0.15) is 18.5 Å². The summed E-state index contributed by atoms with van der Waals surface area (Å²) in [6.07, 6.45) is 3.40. The van der Waals surface area contributed by atoms with Gasteiger partial charge < -0.3 is 20.1 Å². The summed E-state index contributed by atoms with van der Waals surface area (Å²) in [5, 5.41) is 11.0. The molecule has 0 fully saturated rings. The first-order valence-electron chi connectivity index (χ1n) is 11.0. The van der Waals surface area contributed by atoms with Crippen LogP contribution in [0.2, 0.25) is 0 Å². The molecule has 2 N–H and O–H groups in total. The standard InChI is InChI=1S/C26H24N6O3/c1-16-22(25(33)29-19-11-5-7-13-21(19)35-3)23(18-10-4-6-12-20(18)34-2)32-26(28-16)30-24(31-32)17-9-8-14-27-15-17/h4-15,23H,1-3H3,(H,29,33)(H,28,30,31)/t23-/m0/s1. The van der Waals surface area contributed by atoms with E-state index in [4.69, 9.17) is 14.6 Å². The van der Waals surface area contributed by atoms with E-state index in [1.165, 1.54) is 0 Å². The van der Waals surface area contributed by atoms with Gasteiger partial charge in [0.25, 0.3) is 5.91 Å². The number of ether oxygens (including phenoxy) is 2. The van der Waals surface area contributed by atoms with Crippen molar-refractivity contribution in [1.82, 2.24) is 19.7 Å². The van der Waals surface area contributed by atoms with Gasteiger partial charge in [-0.25, -0.2) is 4.68 Å². The molecule has 0 saturated carbocycles. The number of methoxy groups -OCH3 is 2. The van der Waals surface area contributed by atoms with Gasteiger partial charge in [0.1, 0.15) is 17.5 Å². The first-order chi connectivity index (χ1) is 17.1. The third kappa shape index (κ3) is 4.08. The monoisotopic (exact) mass is 468 g/mol. The van der Waals surface area contributed by atoms with E-state index < -0.39 is 6.04 Å². The zero-order valence-electron chi connectivity index (χ0n) is 19.5. The van der Waals surface area contributed by atoms with Gasteiger partial charge in [-0.05, 0) is 37.3 Å². The highest BCUT2D eigenvalue weighted by atomic mass is 16.5. The molecule has 1 aliphatic rings. The molecule has 1 atom stereocenters. The summed E-state index contributed by atoms with van der Waals surface area (Å²) >= 11 is 0. The van der Waals surface area contributed by atoms with Crippen molar-refractivity contribution >= 4 is 17.5 Å². The number of amides is 1. The fraction of sp³-hybridized carbons (Fsp3) is 0.154. The molecule has 0 spiro atoms. The van der Waals surface area contributed by atoms with Crippen LogP contribution in [0.4, 0.5) is 11.6 Å². The summed E-state index contributed by atoms with van der Waals surface area (Å²) in [4.78, 5) is 22.6. The maximum absolute atomic E-state index is 13.7. The highest BCUT2D eigenvalue weighted by Crippen LogP contribution is 2.40. The van der Waals surface area contributed by atoms with Crippen molar-refractivity contribution in [2.75, 3.05) is 24.9 Å². The zero-order chi connectivity index (χ0) is 24.4. The van der Waals surface area contributed by atoms with Crippen LogP contribution < -0.4 is 20.1 Å². The van der Waals surface area contributed by atoms with E-state index in [-0.39, 0.29) is 5.91 Å². The third-order valence-electron chi connectivity index (χ3n) is 5.81. The first-order valence-corrected chi connectivity index (χ1v) is 11.0. The number of para-hydroxylation sites is 3. The molecule has 9 nitrogen and oxygen atoms in total. The Morgan fingerprint density at radius 2 is 1.74 bits per heavy atom. The number of fused-ring (bicyclic) bond motifs is 1. The lowest BCUT2D eigenvalue weighted by atomic mass is 9.94. The lowest BCUT2D eigenvalue weighted by Crippen LogP contribution is -2.31. The minimum absolute atomic E-state index is 0.292. The summed E-state index contributed by atoms with van der Waals surface area (Å²) in [7, 11) is 3.17. The molecule has 4 aromatic rings. The van der Waals surface area contributed by atoms with Crippen molar-refractivity contribution in [1.29, 1.82) is 0 Å². The predicted molar refractivity (Wildman–Crippen MR) is 132 cm³/mol. The Balaban J connectivity index is 1.63. The summed E-state index contributed by atoms with van der Waals surface area (Å²) in [6.45, 7) is 1.85. The molecular formula is C26H24N6O3. The molecule has 3 heterocycles. The van der Waals surface area contributed by atoms with Crippen LogP contribution in [-0.2, 0) is 4.79 Å². The lowest BCUT2D eigenvalue weighted by molar-refractivity contribution is -0.113. The molecule has 0 bridgehead atoms. The van der Waals surface area contributed by atoms with Crippen molar-refractivity contribution in [3.05, 3.63) is 89.9 Å². The lowest BCUT2D eigenvalue weighted by Gasteiger charge is -2.29. The molecule has 2 aromatic carbocycles. The maximum atomic E-state index is 13.7. The Kier molecular flexibility index (Phi) is 5.88. The van der Waals surface area contributed by atoms with Crippen LogP contribution in [0.3, 0.4) is 0 Å². The number of aromatic nitrogens is 4. The topological polar surface area (TPSA) is 103 Å². The zero-order valence-corrected chi connectivity index (χ0v) is 19.5. The Morgan fingerprint density at radius 3 is 2.49 bits per heavy atom. The fourth-order valence-corrected chi connectivity index (χ4v) is 4.18. The predicted octanol–water partition coefficient (Wildman–Crippen LogP) is 4.28. The highest BCUT2D eigenvalue weighted by molar-refractivity contribution is 6.06. The van der Waals surface area contributed by atoms with Crippen molar-refractivity contribution in [3.63, 3.8) is 0 Å². The molecule has 176 valence electrons. The van der Waals surface area contributed by atoms with Crippen LogP contribution in [-0.4, -0.2) is 39.9 Å². The van der Waals surface area contributed by atoms with Crippen LogP contribution in [0.5, 0.6) is 11.5 Å². The summed E-state index contributed by atoms with van der Waals surface area (Å²) in [6, 6.07) is 18.0. The number of anilines is 2. The second-order valence-corrected chi connectivity index (χ2v) is 7.91. The smallest absolute Gasteiger partial charge is 0.255 e. The number of carbonyl (C=O) groups excluding carboxylic acids is 1. The highest BCUT2D eigenvalue weighted by Gasteiger charge is 2.36. The normalized spacial score (nSPS) is 14.7. The van der Waals surface area contributed by atoms with Gasteiger partial charge in [-0.2, -0.15) is 4.98 Å². The van der Waals surface area contributed by atoms with E-state index in [1.54, 1.807) is 43.4 Å². The number of rotatable bonds is 6. The number of nitrogens with zero attached hydrogens (tertiary/aromatic N) is 4. The number of carbonyl (C=O) groups is 1. The van der Waals surface area contributed by atoms with Crippen molar-refractivity contribution in [2.24, 2.45) is 0 Å². The number of hydrogen-bond donors (Lipinski definition) is 2. The van der Waals surface area contributed by atoms with Gasteiger partial charge in [-0.1, -0.05) is 30.3 Å². The second kappa shape index (κ2) is 9.30. The molecule has 1 amide bonds. The molecule has 0 radical (unpaired) electrons. The third-order valence-corrected chi connectivity index (χ3v) is 5.81. The molecular weight excluding hydrogens is 444 g/mol. The van der Waals surface area contributed by atoms with Crippen LogP contribution in [0.25, 0.3) is 11.4 Å². The van der Waals surface area contributed by atoms with Gasteiger partial charge in [-0.3, -0.25) is 9.78 Å². The number of benzene rings is 2. The average Bonchev–Trinajstić information content (AvgIpc) is 3.32. The molecule has 5 rings (SSSR count). The van der Waals surface area contributed by atoms with E-state index in [1.807, 2.05) is 55.5 Å². The van der Waals surface area contributed by atoms with Gasteiger partial charge in [0, 0.05) is 29.2 Å². The Labute approximate surface area is 202 Å². The first kappa shape index (κ1) is 22.1. The fourth-order valence-electron chi connectivity index (χ4n) is 4.18. The van der Waals surface area contributed by atoms with Crippen molar-refractivity contribution in [2.45, 2.75) is 13.0 Å². The van der Waals surface area contributed by atoms with Crippen LogP contribution in [0.15, 0.2) is 84.3 Å². The SMILES string of the molecule is COc1ccccc1NC(=O)C1=C(C)Nc2nc(-c3cccnc3)nn2[C@H]1c1ccccc1OC. The number of nitrogens with one attached hydrogen (secondary N) is 2. The van der Waals surface area contributed by atoms with Crippen molar-refractivity contribution < 1.29 is 14.3 Å². The van der Waals surface area contributed by atoms with E-state index in [2.05, 4.69) is 20.6 Å². The van der Waals surface area contributed by atoms with Gasteiger partial charge in [0.15, 0.2) is 5.82 Å². The van der Waals surface area contributed by atoms with Crippen LogP contribution in [0, 0.1) is 0 Å². The molecule has 2 aromatic heterocycles. The Bertz CT molecular complexity index is 1410. The number of allylic oxidation sites excluding steroid dienone is 1. The van der Waals surface area contributed by atoms with E-state index in [9.17, 15) is 4.79 Å². The average molecular weight is 469 g/mol. The van der Waals surface area contributed by atoms with Gasteiger partial charge in [0.2, 0.25) is 5.95 Å². The largest absolute Gasteiger partial charge is 0.496 e. The minimum atomic E-state index is -0.588. The summed E-state index contributed by atoms with van der Waals surface area (Å²) < 4.78 is 12.8. The second-order valence-electron chi connectivity index (χ2n) is 7.91. The molecule has 0 unspecified atom stereocenters. The summed E-state index contributed by atoms with van der Waals surface area (Å²) in [5.41, 5.74) is 3.26. The molecule has 0 aliphatic carbocycles. The maximum Gasteiger partial charge on any atom is 0.255 e. The molecule has 0 saturated heterocycles. The molecule has 1 aliphatic heterocycles. The molecule has 9 heteroatoms. The van der Waals surface area contributed by atoms with E-state index in [0.29, 0.717) is 40.2 Å². The van der Waals surface area contributed by atoms with Crippen molar-refractivity contribution in [3.8, 4) is 22.9 Å². The Hall–Kier alpha value is -4.66. The van der Waals surface area contributed by atoms with Crippen LogP contribution >= 0.6 is 0 Å². The van der Waals surface area contributed by atoms with E-state index >= 15 is 0 Å².